The first-order valence-corrected chi connectivity index (χ1v) is 5.57. The first-order valence-electron chi connectivity index (χ1n) is 5.57. The molecule has 0 unspecified atom stereocenters. The van der Waals surface area contributed by atoms with Crippen molar-refractivity contribution in [2.75, 3.05) is 13.7 Å². The Labute approximate surface area is 100 Å². The van der Waals surface area contributed by atoms with Gasteiger partial charge in [-0.25, -0.2) is 0 Å². The first kappa shape index (κ1) is 11.8. The number of aromatic nitrogens is 1. The van der Waals surface area contributed by atoms with E-state index in [2.05, 4.69) is 5.16 Å². The van der Waals surface area contributed by atoms with Gasteiger partial charge in [0.1, 0.15) is 11.5 Å². The number of nitrogens with zero attached hydrogens (tertiary/aromatic N) is 1. The van der Waals surface area contributed by atoms with Crippen LogP contribution in [-0.2, 0) is 17.8 Å². The minimum absolute atomic E-state index is 0.571. The van der Waals surface area contributed by atoms with Gasteiger partial charge >= 0.3 is 0 Å². The van der Waals surface area contributed by atoms with E-state index in [9.17, 15) is 0 Å². The lowest BCUT2D eigenvalue weighted by molar-refractivity contribution is 0.185. The summed E-state index contributed by atoms with van der Waals surface area (Å²) in [5.74, 6) is 0.823. The van der Waals surface area contributed by atoms with Crippen molar-refractivity contribution in [2.45, 2.75) is 13.0 Å². The highest BCUT2D eigenvalue weighted by Crippen LogP contribution is 2.20. The van der Waals surface area contributed by atoms with E-state index in [0.717, 1.165) is 29.0 Å². The van der Waals surface area contributed by atoms with Gasteiger partial charge in [0.15, 0.2) is 0 Å². The SMILES string of the molecule is COCc1ccc(-c2cc(CCN)on2)cc1. The van der Waals surface area contributed by atoms with Crippen molar-refractivity contribution in [3.8, 4) is 11.3 Å². The van der Waals surface area contributed by atoms with Gasteiger partial charge in [-0.05, 0) is 12.1 Å². The van der Waals surface area contributed by atoms with Crippen molar-refractivity contribution in [1.29, 1.82) is 0 Å². The minimum atomic E-state index is 0.571. The van der Waals surface area contributed by atoms with Crippen LogP contribution in [0.2, 0.25) is 0 Å². The number of nitrogens with two attached hydrogens (primary N) is 1. The molecule has 2 rings (SSSR count). The van der Waals surface area contributed by atoms with Crippen molar-refractivity contribution in [1.82, 2.24) is 5.16 Å². The second-order valence-corrected chi connectivity index (χ2v) is 3.85. The molecule has 0 aliphatic heterocycles. The lowest BCUT2D eigenvalue weighted by atomic mass is 10.1. The van der Waals surface area contributed by atoms with E-state index in [4.69, 9.17) is 15.0 Å². The predicted molar refractivity (Wildman–Crippen MR) is 65.4 cm³/mol. The molecule has 0 saturated carbocycles. The van der Waals surface area contributed by atoms with Crippen LogP contribution < -0.4 is 5.73 Å². The van der Waals surface area contributed by atoms with Gasteiger partial charge in [0, 0.05) is 25.2 Å². The lowest BCUT2D eigenvalue weighted by Crippen LogP contribution is -2.01. The van der Waals surface area contributed by atoms with Crippen LogP contribution in [0.1, 0.15) is 11.3 Å². The van der Waals surface area contributed by atoms with Gasteiger partial charge in [-0.2, -0.15) is 0 Å². The lowest BCUT2D eigenvalue weighted by Gasteiger charge is -2.00. The zero-order valence-electron chi connectivity index (χ0n) is 9.85. The molecule has 1 aromatic carbocycles. The summed E-state index contributed by atoms with van der Waals surface area (Å²) in [5, 5.41) is 4.02. The van der Waals surface area contributed by atoms with Crippen LogP contribution in [0.15, 0.2) is 34.9 Å². The monoisotopic (exact) mass is 232 g/mol. The molecule has 0 atom stereocenters. The van der Waals surface area contributed by atoms with Crippen molar-refractivity contribution < 1.29 is 9.26 Å². The molecule has 0 bridgehead atoms. The summed E-state index contributed by atoms with van der Waals surface area (Å²) >= 11 is 0. The van der Waals surface area contributed by atoms with Gasteiger partial charge in [0.05, 0.1) is 6.61 Å². The van der Waals surface area contributed by atoms with Crippen molar-refractivity contribution in [3.63, 3.8) is 0 Å². The molecular weight excluding hydrogens is 216 g/mol. The van der Waals surface area contributed by atoms with Gasteiger partial charge in [-0.3, -0.25) is 0 Å². The maximum atomic E-state index is 5.46. The quantitative estimate of drug-likeness (QED) is 0.856. The number of ether oxygens (including phenoxy) is 1. The van der Waals surface area contributed by atoms with Gasteiger partial charge in [0.2, 0.25) is 0 Å². The summed E-state index contributed by atoms with van der Waals surface area (Å²) < 4.78 is 10.2. The Morgan fingerprint density at radius 3 is 2.71 bits per heavy atom. The Hall–Kier alpha value is -1.65. The fraction of sp³-hybridized carbons (Fsp3) is 0.308. The third-order valence-electron chi connectivity index (χ3n) is 2.51. The second-order valence-electron chi connectivity index (χ2n) is 3.85. The Morgan fingerprint density at radius 1 is 1.29 bits per heavy atom. The van der Waals surface area contributed by atoms with Crippen molar-refractivity contribution >= 4 is 0 Å². The summed E-state index contributed by atoms with van der Waals surface area (Å²) in [7, 11) is 1.69. The molecule has 2 aromatic rings. The normalized spacial score (nSPS) is 10.7. The third-order valence-corrected chi connectivity index (χ3v) is 2.51. The fourth-order valence-electron chi connectivity index (χ4n) is 1.65. The number of hydrogen-bond donors (Lipinski definition) is 1. The Balaban J connectivity index is 2.15. The van der Waals surface area contributed by atoms with Crippen LogP contribution in [0, 0.1) is 0 Å². The average molecular weight is 232 g/mol. The average Bonchev–Trinajstić information content (AvgIpc) is 2.80. The fourth-order valence-corrected chi connectivity index (χ4v) is 1.65. The third kappa shape index (κ3) is 2.93. The van der Waals surface area contributed by atoms with Crippen LogP contribution in [0.3, 0.4) is 0 Å². The number of benzene rings is 1. The highest BCUT2D eigenvalue weighted by atomic mass is 16.5. The molecular formula is C13H16N2O2. The van der Waals surface area contributed by atoms with E-state index < -0.39 is 0 Å². The summed E-state index contributed by atoms with van der Waals surface area (Å²) in [6.07, 6.45) is 0.717. The molecule has 0 amide bonds. The van der Waals surface area contributed by atoms with Crippen LogP contribution in [0.5, 0.6) is 0 Å². The maximum absolute atomic E-state index is 5.46. The minimum Gasteiger partial charge on any atom is -0.380 e. The molecule has 2 N–H and O–H groups in total. The standard InChI is InChI=1S/C13H16N2O2/c1-16-9-10-2-4-11(5-3-10)13-8-12(6-7-14)17-15-13/h2-5,8H,6-7,9,14H2,1H3. The summed E-state index contributed by atoms with van der Waals surface area (Å²) in [5.41, 5.74) is 8.48. The molecule has 0 saturated heterocycles. The van der Waals surface area contributed by atoms with E-state index in [1.54, 1.807) is 7.11 Å². The molecule has 0 fully saturated rings. The number of rotatable bonds is 5. The zero-order chi connectivity index (χ0) is 12.1. The van der Waals surface area contributed by atoms with Crippen molar-refractivity contribution in [3.05, 3.63) is 41.7 Å². The smallest absolute Gasteiger partial charge is 0.138 e. The number of hydrogen-bond acceptors (Lipinski definition) is 4. The molecule has 4 heteroatoms. The van der Waals surface area contributed by atoms with E-state index in [-0.39, 0.29) is 0 Å². The zero-order valence-corrected chi connectivity index (χ0v) is 9.85. The molecule has 4 nitrogen and oxygen atoms in total. The van der Waals surface area contributed by atoms with Gasteiger partial charge < -0.3 is 15.0 Å². The van der Waals surface area contributed by atoms with Gasteiger partial charge in [-0.1, -0.05) is 29.4 Å². The topological polar surface area (TPSA) is 61.3 Å². The second kappa shape index (κ2) is 5.61. The maximum Gasteiger partial charge on any atom is 0.138 e. The van der Waals surface area contributed by atoms with Crippen LogP contribution in [-0.4, -0.2) is 18.8 Å². The highest BCUT2D eigenvalue weighted by Gasteiger charge is 2.05. The van der Waals surface area contributed by atoms with Crippen LogP contribution in [0.4, 0.5) is 0 Å². The molecule has 1 heterocycles. The van der Waals surface area contributed by atoms with E-state index in [0.29, 0.717) is 13.2 Å². The molecule has 90 valence electrons. The molecule has 1 aromatic heterocycles. The van der Waals surface area contributed by atoms with Crippen molar-refractivity contribution in [2.24, 2.45) is 5.73 Å². The Morgan fingerprint density at radius 2 is 2.06 bits per heavy atom. The Bertz CT molecular complexity index is 463. The highest BCUT2D eigenvalue weighted by molar-refractivity contribution is 5.59. The predicted octanol–water partition coefficient (Wildman–Crippen LogP) is 1.99. The Kier molecular flexibility index (Phi) is 3.90. The molecule has 0 aliphatic rings. The molecule has 0 radical (unpaired) electrons. The molecule has 17 heavy (non-hydrogen) atoms. The summed E-state index contributed by atoms with van der Waals surface area (Å²) in [6.45, 7) is 1.19. The van der Waals surface area contributed by atoms with Crippen LogP contribution in [0.25, 0.3) is 11.3 Å². The molecule has 0 aliphatic carbocycles. The van der Waals surface area contributed by atoms with E-state index in [1.807, 2.05) is 30.3 Å². The first-order chi connectivity index (χ1) is 8.33. The number of methoxy groups -OCH3 is 1. The van der Waals surface area contributed by atoms with Gasteiger partial charge in [-0.15, -0.1) is 0 Å². The summed E-state index contributed by atoms with van der Waals surface area (Å²) in [4.78, 5) is 0. The van der Waals surface area contributed by atoms with E-state index >= 15 is 0 Å². The largest absolute Gasteiger partial charge is 0.380 e. The van der Waals surface area contributed by atoms with Gasteiger partial charge in [0.25, 0.3) is 0 Å². The molecule has 0 spiro atoms. The summed E-state index contributed by atoms with van der Waals surface area (Å²) in [6, 6.07) is 10.0. The van der Waals surface area contributed by atoms with Crippen LogP contribution >= 0.6 is 0 Å². The van der Waals surface area contributed by atoms with E-state index in [1.165, 1.54) is 0 Å².